The van der Waals surface area contributed by atoms with E-state index in [0.29, 0.717) is 5.57 Å². The third kappa shape index (κ3) is 2.81. The molecular weight excluding hydrogens is 306 g/mol. The van der Waals surface area contributed by atoms with Crippen LogP contribution in [0.15, 0.2) is 12.2 Å². The fourth-order valence-corrected chi connectivity index (χ4v) is 3.46. The highest BCUT2D eigenvalue weighted by atomic mass is 16.7. The Balaban J connectivity index is 1.78. The Morgan fingerprint density at radius 2 is 1.91 bits per heavy atom. The van der Waals surface area contributed by atoms with Crippen molar-refractivity contribution in [1.82, 2.24) is 5.32 Å². The molecule has 3 aliphatic rings. The van der Waals surface area contributed by atoms with Gasteiger partial charge in [0.05, 0.1) is 12.7 Å². The lowest BCUT2D eigenvalue weighted by Gasteiger charge is -2.45. The largest absolute Gasteiger partial charge is 0.387 e. The van der Waals surface area contributed by atoms with Gasteiger partial charge in [-0.2, -0.15) is 0 Å². The van der Waals surface area contributed by atoms with Crippen LogP contribution in [0.3, 0.4) is 0 Å². The summed E-state index contributed by atoms with van der Waals surface area (Å²) in [4.78, 5) is 23.1. The molecule has 3 heterocycles. The smallest absolute Gasteiger partial charge is 0.226 e. The molecule has 0 saturated carbocycles. The lowest BCUT2D eigenvalue weighted by molar-refractivity contribution is -0.338. The highest BCUT2D eigenvalue weighted by Crippen LogP contribution is 2.41. The normalized spacial score (nSPS) is 42.8. The van der Waals surface area contributed by atoms with E-state index in [-0.39, 0.29) is 26.2 Å². The molecule has 3 fully saturated rings. The Bertz CT molecular complexity index is 520. The van der Waals surface area contributed by atoms with Gasteiger partial charge in [0.15, 0.2) is 0 Å². The van der Waals surface area contributed by atoms with E-state index in [4.69, 9.17) is 14.2 Å². The van der Waals surface area contributed by atoms with Crippen LogP contribution >= 0.6 is 0 Å². The summed E-state index contributed by atoms with van der Waals surface area (Å²) in [6, 6.07) is 0. The van der Waals surface area contributed by atoms with E-state index in [0.717, 1.165) is 0 Å². The second kappa shape index (κ2) is 5.95. The van der Waals surface area contributed by atoms with Gasteiger partial charge in [-0.1, -0.05) is 13.5 Å². The number of imide groups is 1. The summed E-state index contributed by atoms with van der Waals surface area (Å²) in [5.74, 6) is -3.40. The zero-order chi connectivity index (χ0) is 16.8. The van der Waals surface area contributed by atoms with Gasteiger partial charge in [0.25, 0.3) is 0 Å². The number of carbonyl (C=O) groups is 2. The molecule has 3 rings (SSSR count). The van der Waals surface area contributed by atoms with Crippen molar-refractivity contribution >= 4 is 11.8 Å². The zero-order valence-corrected chi connectivity index (χ0v) is 12.9. The topological polar surface area (TPSA) is 114 Å². The minimum atomic E-state index is -1.71. The van der Waals surface area contributed by atoms with E-state index in [1.165, 1.54) is 0 Å². The van der Waals surface area contributed by atoms with E-state index in [2.05, 4.69) is 11.9 Å². The van der Waals surface area contributed by atoms with Crippen molar-refractivity contribution in [3.05, 3.63) is 12.2 Å². The molecular formula is C15H21NO7. The van der Waals surface area contributed by atoms with E-state index in [1.807, 2.05) is 0 Å². The highest BCUT2D eigenvalue weighted by molar-refractivity contribution is 5.97. The number of rotatable bonds is 2. The van der Waals surface area contributed by atoms with Crippen molar-refractivity contribution < 1.29 is 34.0 Å². The molecule has 0 aromatic rings. The fourth-order valence-electron chi connectivity index (χ4n) is 3.46. The molecule has 0 radical (unpaired) electrons. The Kier molecular flexibility index (Phi) is 4.28. The van der Waals surface area contributed by atoms with Crippen LogP contribution in [0.4, 0.5) is 0 Å². The van der Waals surface area contributed by atoms with Gasteiger partial charge in [-0.3, -0.25) is 14.9 Å². The zero-order valence-electron chi connectivity index (χ0n) is 12.9. The van der Waals surface area contributed by atoms with Crippen molar-refractivity contribution in [2.45, 2.75) is 43.9 Å². The van der Waals surface area contributed by atoms with E-state index < -0.39 is 47.7 Å². The standard InChI is InChI=1S/C15H21NO7/c1-7-5-23-15(20,8(7)2)14-12(19)13(21-6-22-14)9-3-10(17)16-11(18)4-9/h8-9,12-14,19-20H,1,3-6H2,2H3,(H,16,17,18)/t8-,12+,13-,14+,15+/m0/s1. The number of aliphatic hydroxyl groups is 2. The predicted molar refractivity (Wildman–Crippen MR) is 75.7 cm³/mol. The van der Waals surface area contributed by atoms with Crippen LogP contribution in [0.25, 0.3) is 0 Å². The fraction of sp³-hybridized carbons (Fsp3) is 0.733. The molecule has 8 heteroatoms. The van der Waals surface area contributed by atoms with Gasteiger partial charge in [0.2, 0.25) is 17.6 Å². The van der Waals surface area contributed by atoms with Crippen molar-refractivity contribution in [3.8, 4) is 0 Å². The molecule has 3 N–H and O–H groups in total. The molecule has 3 saturated heterocycles. The first kappa shape index (κ1) is 16.5. The monoisotopic (exact) mass is 327 g/mol. The summed E-state index contributed by atoms with van der Waals surface area (Å²) in [5.41, 5.74) is 0.707. The number of carbonyl (C=O) groups excluding carboxylic acids is 2. The molecule has 0 spiro atoms. The lowest BCUT2D eigenvalue weighted by atomic mass is 9.81. The first-order chi connectivity index (χ1) is 10.8. The van der Waals surface area contributed by atoms with Gasteiger partial charge < -0.3 is 24.4 Å². The lowest BCUT2D eigenvalue weighted by Crippen LogP contribution is -2.62. The van der Waals surface area contributed by atoms with Gasteiger partial charge in [0.1, 0.15) is 19.0 Å². The molecule has 0 aromatic heterocycles. The summed E-state index contributed by atoms with van der Waals surface area (Å²) in [6.45, 7) is 5.59. The quantitative estimate of drug-likeness (QED) is 0.443. The van der Waals surface area contributed by atoms with Crippen LogP contribution in [0.1, 0.15) is 19.8 Å². The molecule has 5 atom stereocenters. The summed E-state index contributed by atoms with van der Waals surface area (Å²) >= 11 is 0. The maximum absolute atomic E-state index is 11.5. The SMILES string of the molecule is C=C1CO[C@@](O)([C@@H]2OCO[C@@H](C3CC(=O)NC(=O)C3)[C@H]2O)[C@H]1C. The van der Waals surface area contributed by atoms with Crippen LogP contribution < -0.4 is 5.32 Å². The van der Waals surface area contributed by atoms with E-state index >= 15 is 0 Å². The number of ether oxygens (including phenoxy) is 3. The van der Waals surface area contributed by atoms with Gasteiger partial charge >= 0.3 is 0 Å². The third-order valence-corrected chi connectivity index (χ3v) is 4.92. The third-order valence-electron chi connectivity index (χ3n) is 4.92. The van der Waals surface area contributed by atoms with Crippen LogP contribution in [-0.4, -0.2) is 59.5 Å². The van der Waals surface area contributed by atoms with E-state index in [1.54, 1.807) is 6.92 Å². The molecule has 23 heavy (non-hydrogen) atoms. The Hall–Kier alpha value is -1.32. The van der Waals surface area contributed by atoms with Crippen LogP contribution in [0, 0.1) is 11.8 Å². The Morgan fingerprint density at radius 1 is 1.26 bits per heavy atom. The summed E-state index contributed by atoms with van der Waals surface area (Å²) < 4.78 is 16.2. The average Bonchev–Trinajstić information content (AvgIpc) is 2.75. The summed E-state index contributed by atoms with van der Waals surface area (Å²) in [5, 5.41) is 23.6. The minimum Gasteiger partial charge on any atom is -0.387 e. The number of aliphatic hydroxyl groups excluding tert-OH is 1. The second-order valence-corrected chi connectivity index (χ2v) is 6.39. The number of hydrogen-bond donors (Lipinski definition) is 3. The van der Waals surface area contributed by atoms with Crippen LogP contribution in [0.2, 0.25) is 0 Å². The molecule has 0 aliphatic carbocycles. The molecule has 0 aromatic carbocycles. The second-order valence-electron chi connectivity index (χ2n) is 6.39. The summed E-state index contributed by atoms with van der Waals surface area (Å²) in [7, 11) is 0. The molecule has 8 nitrogen and oxygen atoms in total. The van der Waals surface area contributed by atoms with Crippen molar-refractivity contribution in [3.63, 3.8) is 0 Å². The van der Waals surface area contributed by atoms with Crippen molar-refractivity contribution in [1.29, 1.82) is 0 Å². The number of hydrogen-bond acceptors (Lipinski definition) is 7. The predicted octanol–water partition coefficient (Wildman–Crippen LogP) is -0.947. The first-order valence-corrected chi connectivity index (χ1v) is 7.61. The summed E-state index contributed by atoms with van der Waals surface area (Å²) in [6.07, 6.45) is -2.93. The number of nitrogens with one attached hydrogen (secondary N) is 1. The van der Waals surface area contributed by atoms with E-state index in [9.17, 15) is 19.8 Å². The molecule has 0 unspecified atom stereocenters. The van der Waals surface area contributed by atoms with Gasteiger partial charge in [0, 0.05) is 24.7 Å². The molecule has 3 aliphatic heterocycles. The highest BCUT2D eigenvalue weighted by Gasteiger charge is 2.56. The molecule has 2 amide bonds. The minimum absolute atomic E-state index is 0.0712. The number of amides is 2. The van der Waals surface area contributed by atoms with Gasteiger partial charge in [-0.05, 0) is 5.57 Å². The van der Waals surface area contributed by atoms with Crippen LogP contribution in [0.5, 0.6) is 0 Å². The maximum Gasteiger partial charge on any atom is 0.226 e. The van der Waals surface area contributed by atoms with Gasteiger partial charge in [-0.25, -0.2) is 0 Å². The first-order valence-electron chi connectivity index (χ1n) is 7.61. The van der Waals surface area contributed by atoms with Gasteiger partial charge in [-0.15, -0.1) is 0 Å². The van der Waals surface area contributed by atoms with Crippen LogP contribution in [-0.2, 0) is 23.8 Å². The Morgan fingerprint density at radius 3 is 2.48 bits per heavy atom. The van der Waals surface area contributed by atoms with Crippen molar-refractivity contribution in [2.75, 3.05) is 13.4 Å². The van der Waals surface area contributed by atoms with Crippen molar-refractivity contribution in [2.24, 2.45) is 11.8 Å². The molecule has 0 bridgehead atoms. The number of piperidine rings is 1. The Labute approximate surface area is 133 Å². The average molecular weight is 327 g/mol. The maximum atomic E-state index is 11.5. The molecule has 128 valence electrons.